The monoisotopic (exact) mass is 378 g/mol. The van der Waals surface area contributed by atoms with Crippen LogP contribution < -0.4 is 5.75 Å². The number of sulfonamides is 1. The minimum atomic E-state index is -3.99. The summed E-state index contributed by atoms with van der Waals surface area (Å²) < 4.78 is 38.5. The second-order valence-electron chi connectivity index (χ2n) is 5.65. The number of hydrogen-bond acceptors (Lipinski definition) is 5. The lowest BCUT2D eigenvalue weighted by Crippen LogP contribution is -2.04. The Bertz CT molecular complexity index is 1070. The Balaban J connectivity index is 2.04. The van der Waals surface area contributed by atoms with Crippen molar-refractivity contribution in [2.45, 2.75) is 25.7 Å². The van der Waals surface area contributed by atoms with Gasteiger partial charge in [-0.1, -0.05) is 33.7 Å². The predicted molar refractivity (Wildman–Crippen MR) is 92.6 cm³/mol. The van der Waals surface area contributed by atoms with E-state index in [9.17, 15) is 8.42 Å². The van der Waals surface area contributed by atoms with Crippen LogP contribution in [0.3, 0.4) is 0 Å². The van der Waals surface area contributed by atoms with Crippen LogP contribution in [0.15, 0.2) is 54.6 Å². The molecule has 1 heterocycles. The Labute approximate surface area is 149 Å². The van der Waals surface area contributed by atoms with Crippen molar-refractivity contribution in [3.63, 3.8) is 0 Å². The molecular formula is C17H15ClN2O4S. The molecule has 0 unspecified atom stereocenters. The van der Waals surface area contributed by atoms with Crippen LogP contribution in [0.1, 0.15) is 16.7 Å². The third-order valence-electron chi connectivity index (χ3n) is 3.59. The average molecular weight is 379 g/mol. The van der Waals surface area contributed by atoms with Gasteiger partial charge in [0.1, 0.15) is 0 Å². The Kier molecular flexibility index (Phi) is 4.53. The fraction of sp³-hybridized carbons (Fsp3) is 0.176. The van der Waals surface area contributed by atoms with Crippen LogP contribution in [0.25, 0.3) is 11.5 Å². The van der Waals surface area contributed by atoms with Gasteiger partial charge in [-0.05, 0) is 61.3 Å². The highest BCUT2D eigenvalue weighted by molar-refractivity contribution is 7.90. The topological polar surface area (TPSA) is 85.7 Å². The maximum atomic E-state index is 12.3. The molecule has 0 atom stereocenters. The summed E-state index contributed by atoms with van der Waals surface area (Å²) in [4.78, 5) is -0.0206. The Morgan fingerprint density at radius 2 is 1.64 bits per heavy atom. The Morgan fingerprint density at radius 1 is 1.04 bits per heavy atom. The van der Waals surface area contributed by atoms with Gasteiger partial charge in [-0.2, -0.15) is 8.42 Å². The van der Waals surface area contributed by atoms with Crippen LogP contribution in [-0.2, 0) is 10.0 Å². The first-order chi connectivity index (χ1) is 11.8. The third kappa shape index (κ3) is 3.67. The molecule has 0 aliphatic rings. The van der Waals surface area contributed by atoms with Crippen LogP contribution in [0.5, 0.6) is 0 Å². The van der Waals surface area contributed by atoms with Gasteiger partial charge in [0.2, 0.25) is 0 Å². The van der Waals surface area contributed by atoms with E-state index in [4.69, 9.17) is 20.5 Å². The van der Waals surface area contributed by atoms with E-state index in [-0.39, 0.29) is 10.8 Å². The van der Waals surface area contributed by atoms with E-state index < -0.39 is 15.8 Å². The number of nitrogens with zero attached hydrogens (tertiary/aromatic N) is 2. The summed E-state index contributed by atoms with van der Waals surface area (Å²) in [6.07, 6.45) is 0. The lowest BCUT2D eigenvalue weighted by atomic mass is 10.00. The number of benzene rings is 2. The number of rotatable bonds is 3. The molecule has 0 N–H and O–H groups in total. The van der Waals surface area contributed by atoms with Gasteiger partial charge in [-0.3, -0.25) is 4.52 Å². The van der Waals surface area contributed by atoms with Gasteiger partial charge < -0.3 is 4.42 Å². The number of aromatic nitrogens is 1. The van der Waals surface area contributed by atoms with Crippen LogP contribution in [0, 0.1) is 20.8 Å². The lowest BCUT2D eigenvalue weighted by molar-refractivity contribution is 0.323. The number of aryl methyl sites for hydroxylation is 3. The van der Waals surface area contributed by atoms with Gasteiger partial charge >= 0.3 is 5.75 Å². The van der Waals surface area contributed by atoms with Gasteiger partial charge in [0.25, 0.3) is 15.9 Å². The van der Waals surface area contributed by atoms with Gasteiger partial charge in [-0.25, -0.2) is 0 Å². The summed E-state index contributed by atoms with van der Waals surface area (Å²) >= 11 is 5.76. The molecule has 25 heavy (non-hydrogen) atoms. The van der Waals surface area contributed by atoms with Gasteiger partial charge in [0.15, 0.2) is 0 Å². The van der Waals surface area contributed by atoms with E-state index in [1.54, 1.807) is 0 Å². The van der Waals surface area contributed by atoms with Gasteiger partial charge in [0, 0.05) is 10.6 Å². The van der Waals surface area contributed by atoms with Crippen molar-refractivity contribution in [2.75, 3.05) is 0 Å². The predicted octanol–water partition coefficient (Wildman–Crippen LogP) is 3.80. The summed E-state index contributed by atoms with van der Waals surface area (Å²) in [5.41, 5.74) is 3.75. The summed E-state index contributed by atoms with van der Waals surface area (Å²) in [6.45, 7) is 5.82. The fourth-order valence-electron chi connectivity index (χ4n) is 2.61. The van der Waals surface area contributed by atoms with Crippen molar-refractivity contribution >= 4 is 21.6 Å². The standard InChI is InChI=1S/C17H15ClN2O4S/c1-10-8-11(2)15(12(3)9-10)16-19-24-17(23-16)20-25(21,22)14-6-4-13(18)5-7-14/h4-9H,1-3H3/b20-17-. The summed E-state index contributed by atoms with van der Waals surface area (Å²) in [6, 6.07) is 9.60. The molecule has 0 bridgehead atoms. The molecule has 0 spiro atoms. The van der Waals surface area contributed by atoms with Crippen LogP contribution in [0.4, 0.5) is 0 Å². The van der Waals surface area contributed by atoms with Crippen molar-refractivity contribution in [3.05, 3.63) is 63.9 Å². The molecule has 0 aliphatic heterocycles. The van der Waals surface area contributed by atoms with E-state index in [0.717, 1.165) is 22.3 Å². The highest BCUT2D eigenvalue weighted by Gasteiger charge is 2.17. The normalized spacial score (nSPS) is 12.6. The molecule has 0 aliphatic carbocycles. The van der Waals surface area contributed by atoms with Crippen LogP contribution in [-0.4, -0.2) is 13.6 Å². The molecule has 1 aromatic heterocycles. The largest absolute Gasteiger partial charge is 0.434 e. The molecule has 0 radical (unpaired) electrons. The third-order valence-corrected chi connectivity index (χ3v) is 5.10. The fourth-order valence-corrected chi connectivity index (χ4v) is 3.59. The highest BCUT2D eigenvalue weighted by atomic mass is 35.5. The van der Waals surface area contributed by atoms with E-state index in [1.807, 2.05) is 32.9 Å². The van der Waals surface area contributed by atoms with E-state index in [0.29, 0.717) is 5.02 Å². The second-order valence-corrected chi connectivity index (χ2v) is 7.69. The zero-order chi connectivity index (χ0) is 18.2. The number of hydrogen-bond donors (Lipinski definition) is 0. The summed E-state index contributed by atoms with van der Waals surface area (Å²) in [5.74, 6) is -0.260. The molecule has 2 aromatic carbocycles. The first-order valence-electron chi connectivity index (χ1n) is 7.38. The van der Waals surface area contributed by atoms with Crippen LogP contribution >= 0.6 is 11.6 Å². The molecule has 0 amide bonds. The zero-order valence-corrected chi connectivity index (χ0v) is 15.4. The second kappa shape index (κ2) is 6.50. The molecule has 3 aromatic rings. The van der Waals surface area contributed by atoms with Gasteiger partial charge in [-0.15, -0.1) is 0 Å². The first kappa shape index (κ1) is 17.4. The quantitative estimate of drug-likeness (QED) is 0.691. The average Bonchev–Trinajstić information content (AvgIpc) is 2.94. The van der Waals surface area contributed by atoms with E-state index in [1.165, 1.54) is 24.3 Å². The Morgan fingerprint density at radius 3 is 2.24 bits per heavy atom. The number of halogens is 1. The van der Waals surface area contributed by atoms with Crippen molar-refractivity contribution in [2.24, 2.45) is 4.40 Å². The molecule has 130 valence electrons. The first-order valence-corrected chi connectivity index (χ1v) is 9.20. The molecule has 0 fully saturated rings. The van der Waals surface area contributed by atoms with Crippen LogP contribution in [0.2, 0.25) is 5.02 Å². The molecule has 6 nitrogen and oxygen atoms in total. The van der Waals surface area contributed by atoms with Crippen molar-refractivity contribution in [3.8, 4) is 11.5 Å². The highest BCUT2D eigenvalue weighted by Crippen LogP contribution is 2.26. The molecule has 3 rings (SSSR count). The minimum absolute atomic E-state index is 0.0206. The smallest absolute Gasteiger partial charge is 0.386 e. The zero-order valence-electron chi connectivity index (χ0n) is 13.8. The lowest BCUT2D eigenvalue weighted by Gasteiger charge is -2.06. The summed E-state index contributed by atoms with van der Waals surface area (Å²) in [7, 11) is -3.99. The van der Waals surface area contributed by atoms with Crippen molar-refractivity contribution < 1.29 is 17.4 Å². The maximum Gasteiger partial charge on any atom is 0.434 e. The molecular weight excluding hydrogens is 364 g/mol. The molecule has 0 saturated carbocycles. The maximum absolute atomic E-state index is 12.3. The van der Waals surface area contributed by atoms with Crippen molar-refractivity contribution in [1.82, 2.24) is 5.16 Å². The van der Waals surface area contributed by atoms with E-state index >= 15 is 0 Å². The molecule has 8 heteroatoms. The van der Waals surface area contributed by atoms with Gasteiger partial charge in [0.05, 0.1) is 4.90 Å². The SMILES string of the molecule is Cc1cc(C)c(-c2no/c(=N\S(=O)(=O)c3ccc(Cl)cc3)o2)c(C)c1. The minimum Gasteiger partial charge on any atom is -0.386 e. The molecule has 0 saturated heterocycles. The Hall–Kier alpha value is -2.38. The van der Waals surface area contributed by atoms with Crippen molar-refractivity contribution in [1.29, 1.82) is 0 Å². The summed E-state index contributed by atoms with van der Waals surface area (Å²) in [5, 5.41) is 4.24. The van der Waals surface area contributed by atoms with E-state index in [2.05, 4.69) is 9.55 Å².